The van der Waals surface area contributed by atoms with Gasteiger partial charge in [-0.3, -0.25) is 15.6 Å². The number of hydrogen-bond acceptors (Lipinski definition) is 3. The molecule has 0 unspecified atom stereocenters. The number of aryl methyl sites for hydroxylation is 1. The van der Waals surface area contributed by atoms with Crippen molar-refractivity contribution < 1.29 is 9.21 Å². The molecule has 1 aromatic heterocycles. The number of para-hydroxylation sites is 1. The molecule has 0 fully saturated rings. The molecule has 3 N–H and O–H groups in total. The standard InChI is InChI=1S/C19H27N3O2S/c1-4-6-9-14(5-2)12-20-19(25)22-21-18(23)17-13(3)15-10-7-8-11-16(15)24-17/h7-8,10-11,14H,4-6,9,12H2,1-3H3,(H,21,23)(H2,20,22,25)/t14-/m1/s1. The minimum absolute atomic E-state index is 0.297. The van der Waals surface area contributed by atoms with Crippen molar-refractivity contribution in [1.82, 2.24) is 16.2 Å². The van der Waals surface area contributed by atoms with Crippen molar-refractivity contribution in [1.29, 1.82) is 0 Å². The number of hydrogen-bond donors (Lipinski definition) is 3. The van der Waals surface area contributed by atoms with Crippen LogP contribution >= 0.6 is 12.2 Å². The van der Waals surface area contributed by atoms with Crippen molar-refractivity contribution in [3.8, 4) is 0 Å². The Labute approximate surface area is 154 Å². The molecule has 0 bridgehead atoms. The van der Waals surface area contributed by atoms with Crippen molar-refractivity contribution in [2.75, 3.05) is 6.54 Å². The van der Waals surface area contributed by atoms with Gasteiger partial charge in [0.15, 0.2) is 10.9 Å². The van der Waals surface area contributed by atoms with Gasteiger partial charge < -0.3 is 9.73 Å². The number of unbranched alkanes of at least 4 members (excludes halogenated alkanes) is 1. The van der Waals surface area contributed by atoms with Gasteiger partial charge >= 0.3 is 5.91 Å². The van der Waals surface area contributed by atoms with E-state index >= 15 is 0 Å². The molecular formula is C19H27N3O2S. The Kier molecular flexibility index (Phi) is 7.25. The highest BCUT2D eigenvalue weighted by Crippen LogP contribution is 2.24. The molecule has 2 rings (SSSR count). The fourth-order valence-electron chi connectivity index (χ4n) is 2.79. The van der Waals surface area contributed by atoms with Crippen LogP contribution < -0.4 is 16.2 Å². The van der Waals surface area contributed by atoms with E-state index in [9.17, 15) is 4.79 Å². The topological polar surface area (TPSA) is 66.3 Å². The lowest BCUT2D eigenvalue weighted by atomic mass is 9.99. The van der Waals surface area contributed by atoms with Crippen LogP contribution in [-0.2, 0) is 0 Å². The average Bonchev–Trinajstić information content (AvgIpc) is 2.97. The van der Waals surface area contributed by atoms with Gasteiger partial charge in [-0.25, -0.2) is 0 Å². The smallest absolute Gasteiger partial charge is 0.305 e. The first-order valence-corrected chi connectivity index (χ1v) is 9.29. The lowest BCUT2D eigenvalue weighted by molar-refractivity contribution is 0.0917. The summed E-state index contributed by atoms with van der Waals surface area (Å²) in [5.74, 6) is 0.551. The zero-order valence-electron chi connectivity index (χ0n) is 15.1. The summed E-state index contributed by atoms with van der Waals surface area (Å²) < 4.78 is 5.64. The lowest BCUT2D eigenvalue weighted by Gasteiger charge is -2.17. The quantitative estimate of drug-likeness (QED) is 0.512. The van der Waals surface area contributed by atoms with Gasteiger partial charge in [0.25, 0.3) is 0 Å². The molecule has 1 amide bonds. The van der Waals surface area contributed by atoms with E-state index in [-0.39, 0.29) is 5.91 Å². The largest absolute Gasteiger partial charge is 0.451 e. The predicted octanol–water partition coefficient (Wildman–Crippen LogP) is 4.07. The van der Waals surface area contributed by atoms with Gasteiger partial charge in [0, 0.05) is 17.5 Å². The zero-order chi connectivity index (χ0) is 18.2. The minimum atomic E-state index is -0.337. The molecule has 1 atom stereocenters. The SMILES string of the molecule is CCCC[C@@H](CC)CNC(=S)NNC(=O)c1oc2ccccc2c1C. The molecule has 0 radical (unpaired) electrons. The van der Waals surface area contributed by atoms with Crippen molar-refractivity contribution >= 4 is 34.2 Å². The van der Waals surface area contributed by atoms with Crippen LogP contribution in [0.3, 0.4) is 0 Å². The van der Waals surface area contributed by atoms with Crippen molar-refractivity contribution in [3.63, 3.8) is 0 Å². The van der Waals surface area contributed by atoms with Crippen LogP contribution in [0.5, 0.6) is 0 Å². The maximum absolute atomic E-state index is 12.3. The average molecular weight is 362 g/mol. The van der Waals surface area contributed by atoms with Crippen molar-refractivity contribution in [2.24, 2.45) is 5.92 Å². The van der Waals surface area contributed by atoms with Gasteiger partial charge in [0.1, 0.15) is 5.58 Å². The van der Waals surface area contributed by atoms with Crippen LogP contribution in [0.2, 0.25) is 0 Å². The number of hydrazine groups is 1. The Bertz CT molecular complexity index is 727. The van der Waals surface area contributed by atoms with Crippen LogP contribution in [-0.4, -0.2) is 17.6 Å². The Morgan fingerprint density at radius 1 is 1.24 bits per heavy atom. The molecule has 0 saturated carbocycles. The number of furan rings is 1. The van der Waals surface area contributed by atoms with Crippen molar-refractivity contribution in [2.45, 2.75) is 46.5 Å². The second kappa shape index (κ2) is 9.42. The van der Waals surface area contributed by atoms with Crippen LogP contribution in [0.4, 0.5) is 0 Å². The van der Waals surface area contributed by atoms with E-state index in [1.54, 1.807) is 0 Å². The number of nitrogens with one attached hydrogen (secondary N) is 3. The Morgan fingerprint density at radius 2 is 2.00 bits per heavy atom. The van der Waals surface area contributed by atoms with Gasteiger partial charge in [-0.05, 0) is 37.5 Å². The summed E-state index contributed by atoms with van der Waals surface area (Å²) in [7, 11) is 0. The van der Waals surface area contributed by atoms with E-state index in [4.69, 9.17) is 16.6 Å². The highest BCUT2D eigenvalue weighted by atomic mass is 32.1. The summed E-state index contributed by atoms with van der Waals surface area (Å²) >= 11 is 5.23. The van der Waals surface area contributed by atoms with Crippen LogP contribution in [0.15, 0.2) is 28.7 Å². The predicted molar refractivity (Wildman–Crippen MR) is 105 cm³/mol. The molecule has 25 heavy (non-hydrogen) atoms. The van der Waals surface area contributed by atoms with E-state index in [1.807, 2.05) is 31.2 Å². The number of thiocarbonyl (C=S) groups is 1. The van der Waals surface area contributed by atoms with E-state index in [0.717, 1.165) is 23.9 Å². The van der Waals surface area contributed by atoms with Gasteiger partial charge in [0.05, 0.1) is 0 Å². The summed E-state index contributed by atoms with van der Waals surface area (Å²) in [6.45, 7) is 7.06. The van der Waals surface area contributed by atoms with E-state index in [1.165, 1.54) is 19.3 Å². The number of fused-ring (bicyclic) bond motifs is 1. The van der Waals surface area contributed by atoms with Crippen LogP contribution in [0, 0.1) is 12.8 Å². The van der Waals surface area contributed by atoms with Gasteiger partial charge in [0.2, 0.25) is 0 Å². The second-order valence-corrected chi connectivity index (χ2v) is 6.67. The normalized spacial score (nSPS) is 12.0. The van der Waals surface area contributed by atoms with E-state index < -0.39 is 0 Å². The minimum Gasteiger partial charge on any atom is -0.451 e. The van der Waals surface area contributed by atoms with E-state index in [0.29, 0.717) is 22.4 Å². The third-order valence-corrected chi connectivity index (χ3v) is 4.68. The fraction of sp³-hybridized carbons (Fsp3) is 0.474. The summed E-state index contributed by atoms with van der Waals surface area (Å²) in [5.41, 5.74) is 6.87. The Morgan fingerprint density at radius 3 is 2.68 bits per heavy atom. The first-order chi connectivity index (χ1) is 12.1. The molecule has 1 heterocycles. The molecule has 0 aliphatic rings. The molecule has 6 heteroatoms. The highest BCUT2D eigenvalue weighted by molar-refractivity contribution is 7.80. The van der Waals surface area contributed by atoms with E-state index in [2.05, 4.69) is 30.0 Å². The Balaban J connectivity index is 1.84. The zero-order valence-corrected chi connectivity index (χ0v) is 16.0. The molecule has 0 aliphatic carbocycles. The summed E-state index contributed by atoms with van der Waals surface area (Å²) in [6, 6.07) is 7.59. The van der Waals surface area contributed by atoms with Crippen molar-refractivity contribution in [3.05, 3.63) is 35.6 Å². The van der Waals surface area contributed by atoms with Crippen LogP contribution in [0.25, 0.3) is 11.0 Å². The molecule has 0 spiro atoms. The molecule has 1 aromatic carbocycles. The summed E-state index contributed by atoms with van der Waals surface area (Å²) in [5, 5.41) is 4.52. The molecular weight excluding hydrogens is 334 g/mol. The number of benzene rings is 1. The van der Waals surface area contributed by atoms with Gasteiger partial charge in [-0.1, -0.05) is 51.3 Å². The highest BCUT2D eigenvalue weighted by Gasteiger charge is 2.17. The summed E-state index contributed by atoms with van der Waals surface area (Å²) in [4.78, 5) is 12.3. The fourth-order valence-corrected chi connectivity index (χ4v) is 2.92. The molecule has 5 nitrogen and oxygen atoms in total. The third kappa shape index (κ3) is 5.19. The number of carbonyl (C=O) groups excluding carboxylic acids is 1. The van der Waals surface area contributed by atoms with Gasteiger partial charge in [-0.15, -0.1) is 0 Å². The summed E-state index contributed by atoms with van der Waals surface area (Å²) in [6.07, 6.45) is 4.72. The monoisotopic (exact) mass is 361 g/mol. The first-order valence-electron chi connectivity index (χ1n) is 8.89. The molecule has 136 valence electrons. The maximum Gasteiger partial charge on any atom is 0.305 e. The first kappa shape index (κ1) is 19.2. The lowest BCUT2D eigenvalue weighted by Crippen LogP contribution is -2.47. The molecule has 2 aromatic rings. The third-order valence-electron chi connectivity index (χ3n) is 4.43. The number of rotatable bonds is 7. The molecule has 0 aliphatic heterocycles. The maximum atomic E-state index is 12.3. The molecule has 0 saturated heterocycles. The van der Waals surface area contributed by atoms with Gasteiger partial charge in [-0.2, -0.15) is 0 Å². The Hall–Kier alpha value is -2.08. The number of carbonyl (C=O) groups is 1. The number of amides is 1. The van der Waals surface area contributed by atoms with Crippen LogP contribution in [0.1, 0.15) is 55.6 Å². The second-order valence-electron chi connectivity index (χ2n) is 6.26.